The third-order valence-electron chi connectivity index (χ3n) is 3.12. The molecule has 2 heterocycles. The summed E-state index contributed by atoms with van der Waals surface area (Å²) in [5, 5.41) is 0.766. The molecule has 0 spiro atoms. The van der Waals surface area contributed by atoms with Crippen LogP contribution in [0.1, 0.15) is 11.4 Å². The molecule has 0 atom stereocenters. The Kier molecular flexibility index (Phi) is 3.13. The van der Waals surface area contributed by atoms with Crippen molar-refractivity contribution in [3.63, 3.8) is 0 Å². The Hall–Kier alpha value is -2.00. The van der Waals surface area contributed by atoms with Crippen LogP contribution in [0.4, 0.5) is 0 Å². The van der Waals surface area contributed by atoms with Crippen LogP contribution in [0, 0.1) is 0 Å². The van der Waals surface area contributed by atoms with E-state index in [0.717, 1.165) is 27.7 Å². The molecule has 96 valence electrons. The number of fused-ring (bicyclic) bond motifs is 1. The van der Waals surface area contributed by atoms with Gasteiger partial charge in [0.15, 0.2) is 0 Å². The molecule has 4 heteroatoms. The summed E-state index contributed by atoms with van der Waals surface area (Å²) in [6.07, 6.45) is 4.49. The number of aromatic nitrogens is 2. The van der Waals surface area contributed by atoms with Crippen molar-refractivity contribution in [2.75, 3.05) is 7.11 Å². The molecule has 19 heavy (non-hydrogen) atoms. The van der Waals surface area contributed by atoms with Gasteiger partial charge < -0.3 is 4.74 Å². The fourth-order valence-electron chi connectivity index (χ4n) is 2.09. The standard InChI is InChI=1S/C15H13ClN2O/c1-19-13-7-6-12-9-17-15(18(12)10-13)8-11-4-2-3-5-14(11)16/h2-7,9-10H,8H2,1H3. The van der Waals surface area contributed by atoms with Gasteiger partial charge in [-0.25, -0.2) is 4.98 Å². The fraction of sp³-hybridized carbons (Fsp3) is 0.133. The Morgan fingerprint density at radius 3 is 2.84 bits per heavy atom. The first kappa shape index (κ1) is 12.1. The molecule has 0 N–H and O–H groups in total. The first-order valence-electron chi connectivity index (χ1n) is 6.01. The number of nitrogens with zero attached hydrogens (tertiary/aromatic N) is 2. The maximum atomic E-state index is 6.19. The lowest BCUT2D eigenvalue weighted by molar-refractivity contribution is 0.412. The zero-order valence-electron chi connectivity index (χ0n) is 10.5. The van der Waals surface area contributed by atoms with E-state index >= 15 is 0 Å². The van der Waals surface area contributed by atoms with E-state index < -0.39 is 0 Å². The number of hydrogen-bond donors (Lipinski definition) is 0. The summed E-state index contributed by atoms with van der Waals surface area (Å²) >= 11 is 6.19. The second kappa shape index (κ2) is 4.94. The van der Waals surface area contributed by atoms with Crippen molar-refractivity contribution >= 4 is 17.1 Å². The van der Waals surface area contributed by atoms with Crippen molar-refractivity contribution in [1.29, 1.82) is 0 Å². The van der Waals surface area contributed by atoms with Gasteiger partial charge >= 0.3 is 0 Å². The summed E-state index contributed by atoms with van der Waals surface area (Å²) in [7, 11) is 1.66. The predicted octanol–water partition coefficient (Wildman–Crippen LogP) is 3.59. The van der Waals surface area contributed by atoms with Crippen molar-refractivity contribution < 1.29 is 4.74 Å². The maximum Gasteiger partial charge on any atom is 0.135 e. The number of halogens is 1. The minimum atomic E-state index is 0.695. The van der Waals surface area contributed by atoms with Crippen LogP contribution in [0.25, 0.3) is 5.52 Å². The molecule has 0 saturated carbocycles. The highest BCUT2D eigenvalue weighted by Gasteiger charge is 2.07. The Morgan fingerprint density at radius 1 is 1.21 bits per heavy atom. The molecule has 0 radical (unpaired) electrons. The van der Waals surface area contributed by atoms with Crippen LogP contribution in [0.2, 0.25) is 5.02 Å². The number of ether oxygens (including phenoxy) is 1. The number of pyridine rings is 1. The molecule has 0 aliphatic carbocycles. The lowest BCUT2D eigenvalue weighted by Gasteiger charge is -2.05. The van der Waals surface area contributed by atoms with E-state index in [4.69, 9.17) is 16.3 Å². The fourth-order valence-corrected chi connectivity index (χ4v) is 2.29. The van der Waals surface area contributed by atoms with E-state index in [2.05, 4.69) is 4.98 Å². The molecule has 3 rings (SSSR count). The highest BCUT2D eigenvalue weighted by molar-refractivity contribution is 6.31. The van der Waals surface area contributed by atoms with Gasteiger partial charge in [0, 0.05) is 11.4 Å². The van der Waals surface area contributed by atoms with Crippen LogP contribution in [0.3, 0.4) is 0 Å². The van der Waals surface area contributed by atoms with Crippen molar-refractivity contribution in [1.82, 2.24) is 9.38 Å². The Bertz CT molecular complexity index is 721. The van der Waals surface area contributed by atoms with E-state index in [1.165, 1.54) is 0 Å². The third-order valence-corrected chi connectivity index (χ3v) is 3.49. The summed E-state index contributed by atoms with van der Waals surface area (Å²) in [6, 6.07) is 11.7. The normalized spacial score (nSPS) is 10.8. The lowest BCUT2D eigenvalue weighted by Crippen LogP contribution is -1.97. The van der Waals surface area contributed by atoms with Crippen molar-refractivity contribution in [3.05, 3.63) is 65.2 Å². The zero-order chi connectivity index (χ0) is 13.2. The molecule has 1 aromatic carbocycles. The van der Waals surface area contributed by atoms with E-state index in [-0.39, 0.29) is 0 Å². The van der Waals surface area contributed by atoms with E-state index in [1.54, 1.807) is 7.11 Å². The molecule has 3 aromatic rings. The SMILES string of the molecule is COc1ccc2cnc(Cc3ccccc3Cl)n2c1. The van der Waals surface area contributed by atoms with Crippen LogP contribution in [-0.2, 0) is 6.42 Å². The van der Waals surface area contributed by atoms with Gasteiger partial charge in [-0.3, -0.25) is 4.40 Å². The lowest BCUT2D eigenvalue weighted by atomic mass is 10.1. The minimum Gasteiger partial charge on any atom is -0.495 e. The average Bonchev–Trinajstić information content (AvgIpc) is 2.84. The smallest absolute Gasteiger partial charge is 0.135 e. The van der Waals surface area contributed by atoms with Crippen LogP contribution in [-0.4, -0.2) is 16.5 Å². The molecule has 2 aromatic heterocycles. The predicted molar refractivity (Wildman–Crippen MR) is 76.0 cm³/mol. The van der Waals surface area contributed by atoms with Gasteiger partial charge in [-0.1, -0.05) is 29.8 Å². The summed E-state index contributed by atoms with van der Waals surface area (Å²) < 4.78 is 7.28. The van der Waals surface area contributed by atoms with E-state index in [0.29, 0.717) is 6.42 Å². The summed E-state index contributed by atoms with van der Waals surface area (Å²) in [4.78, 5) is 4.46. The zero-order valence-corrected chi connectivity index (χ0v) is 11.3. The maximum absolute atomic E-state index is 6.19. The van der Waals surface area contributed by atoms with E-state index in [9.17, 15) is 0 Å². The number of rotatable bonds is 3. The van der Waals surface area contributed by atoms with Crippen LogP contribution < -0.4 is 4.74 Å². The topological polar surface area (TPSA) is 26.5 Å². The van der Waals surface area contributed by atoms with Crippen molar-refractivity contribution in [2.45, 2.75) is 6.42 Å². The quantitative estimate of drug-likeness (QED) is 0.728. The molecule has 0 unspecified atom stereocenters. The first-order valence-corrected chi connectivity index (χ1v) is 6.39. The molecule has 0 aliphatic rings. The summed E-state index contributed by atoms with van der Waals surface area (Å²) in [6.45, 7) is 0. The summed E-state index contributed by atoms with van der Waals surface area (Å²) in [5.74, 6) is 1.76. The molecular weight excluding hydrogens is 260 g/mol. The second-order valence-corrected chi connectivity index (χ2v) is 4.71. The number of hydrogen-bond acceptors (Lipinski definition) is 2. The molecule has 0 aliphatic heterocycles. The molecule has 0 saturated heterocycles. The highest BCUT2D eigenvalue weighted by atomic mass is 35.5. The van der Waals surface area contributed by atoms with Gasteiger partial charge in [0.2, 0.25) is 0 Å². The van der Waals surface area contributed by atoms with Gasteiger partial charge in [0.1, 0.15) is 11.6 Å². The molecular formula is C15H13ClN2O. The van der Waals surface area contributed by atoms with Gasteiger partial charge in [0.25, 0.3) is 0 Å². The van der Waals surface area contributed by atoms with Crippen molar-refractivity contribution in [3.8, 4) is 5.75 Å². The number of methoxy groups -OCH3 is 1. The molecule has 0 bridgehead atoms. The summed E-state index contributed by atoms with van der Waals surface area (Å²) in [5.41, 5.74) is 2.11. The van der Waals surface area contributed by atoms with E-state index in [1.807, 2.05) is 53.2 Å². The number of benzene rings is 1. The van der Waals surface area contributed by atoms with Gasteiger partial charge in [-0.2, -0.15) is 0 Å². The van der Waals surface area contributed by atoms with Crippen LogP contribution in [0.5, 0.6) is 5.75 Å². The Morgan fingerprint density at radius 2 is 2.05 bits per heavy atom. The Labute approximate surface area is 116 Å². The average molecular weight is 273 g/mol. The monoisotopic (exact) mass is 272 g/mol. The highest BCUT2D eigenvalue weighted by Crippen LogP contribution is 2.20. The molecule has 3 nitrogen and oxygen atoms in total. The third kappa shape index (κ3) is 2.29. The largest absolute Gasteiger partial charge is 0.495 e. The van der Waals surface area contributed by atoms with Gasteiger partial charge in [-0.05, 0) is 23.8 Å². The van der Waals surface area contributed by atoms with Crippen molar-refractivity contribution in [2.24, 2.45) is 0 Å². The van der Waals surface area contributed by atoms with Gasteiger partial charge in [0.05, 0.1) is 25.0 Å². The Balaban J connectivity index is 2.03. The van der Waals surface area contributed by atoms with Crippen LogP contribution in [0.15, 0.2) is 48.8 Å². The minimum absolute atomic E-state index is 0.695. The second-order valence-electron chi connectivity index (χ2n) is 4.31. The van der Waals surface area contributed by atoms with Crippen LogP contribution >= 0.6 is 11.6 Å². The van der Waals surface area contributed by atoms with Gasteiger partial charge in [-0.15, -0.1) is 0 Å². The molecule has 0 fully saturated rings. The number of imidazole rings is 1. The molecule has 0 amide bonds. The first-order chi connectivity index (χ1) is 9.28.